The molecule has 0 unspecified atom stereocenters. The summed E-state index contributed by atoms with van der Waals surface area (Å²) in [6.07, 6.45) is 1.66. The Morgan fingerprint density at radius 1 is 0.968 bits per heavy atom. The molecule has 0 aliphatic heterocycles. The van der Waals surface area contributed by atoms with E-state index >= 15 is 0 Å². The first-order valence-corrected chi connectivity index (χ1v) is 9.60. The predicted molar refractivity (Wildman–Crippen MR) is 120 cm³/mol. The Hall–Kier alpha value is -4.32. The highest BCUT2D eigenvalue weighted by molar-refractivity contribution is 6.05. The van der Waals surface area contributed by atoms with E-state index < -0.39 is 10.9 Å². The summed E-state index contributed by atoms with van der Waals surface area (Å²) in [7, 11) is 0. The summed E-state index contributed by atoms with van der Waals surface area (Å²) < 4.78 is 5.53. The van der Waals surface area contributed by atoms with Gasteiger partial charge in [0.25, 0.3) is 5.69 Å². The number of esters is 1. The molecule has 152 valence electrons. The number of non-ortho nitro benzene ring substituents is 1. The Balaban J connectivity index is 1.48. The zero-order chi connectivity index (χ0) is 21.8. The zero-order valence-electron chi connectivity index (χ0n) is 16.7. The Kier molecular flexibility index (Phi) is 5.53. The largest absolute Gasteiger partial charge is 0.423 e. The fourth-order valence-electron chi connectivity index (χ4n) is 3.23. The first-order valence-electron chi connectivity index (χ1n) is 9.60. The summed E-state index contributed by atoms with van der Waals surface area (Å²) in [6, 6.07) is 24.7. The van der Waals surface area contributed by atoms with Crippen molar-refractivity contribution in [1.82, 2.24) is 0 Å². The molecule has 0 aliphatic rings. The molecule has 0 saturated heterocycles. The van der Waals surface area contributed by atoms with Crippen LogP contribution in [0, 0.1) is 17.0 Å². The average molecular weight is 410 g/mol. The van der Waals surface area contributed by atoms with Gasteiger partial charge >= 0.3 is 5.97 Å². The molecule has 0 radical (unpaired) electrons. The normalized spacial score (nSPS) is 11.0. The Morgan fingerprint density at radius 3 is 2.45 bits per heavy atom. The van der Waals surface area contributed by atoms with Gasteiger partial charge in [-0.05, 0) is 65.2 Å². The second kappa shape index (κ2) is 8.59. The maximum atomic E-state index is 12.6. The van der Waals surface area contributed by atoms with Crippen LogP contribution in [-0.4, -0.2) is 17.1 Å². The van der Waals surface area contributed by atoms with Crippen LogP contribution in [0.5, 0.6) is 5.75 Å². The Morgan fingerprint density at radius 2 is 1.71 bits per heavy atom. The Labute approximate surface area is 178 Å². The van der Waals surface area contributed by atoms with Gasteiger partial charge in [-0.1, -0.05) is 36.4 Å². The molecule has 0 amide bonds. The van der Waals surface area contributed by atoms with E-state index in [0.29, 0.717) is 22.6 Å². The predicted octanol–water partition coefficient (Wildman–Crippen LogP) is 6.03. The van der Waals surface area contributed by atoms with Crippen molar-refractivity contribution in [3.63, 3.8) is 0 Å². The standard InChI is InChI=1S/C25H18N2O4/c1-17-15-20(27(29)30)11-14-24(17)26-16-18-9-12-21(13-10-18)31-25(28)23-8-4-6-19-5-2-3-7-22(19)23/h2-16H,1H3. The van der Waals surface area contributed by atoms with E-state index in [0.717, 1.165) is 16.3 Å². The van der Waals surface area contributed by atoms with Crippen molar-refractivity contribution < 1.29 is 14.5 Å². The minimum atomic E-state index is -0.432. The summed E-state index contributed by atoms with van der Waals surface area (Å²) in [5.74, 6) is 0.0151. The molecule has 0 aliphatic carbocycles. The molecule has 6 nitrogen and oxygen atoms in total. The van der Waals surface area contributed by atoms with E-state index in [9.17, 15) is 14.9 Å². The fraction of sp³-hybridized carbons (Fsp3) is 0.0400. The van der Waals surface area contributed by atoms with Crippen LogP contribution in [0.25, 0.3) is 10.8 Å². The van der Waals surface area contributed by atoms with Gasteiger partial charge in [0.2, 0.25) is 0 Å². The molecule has 0 fully saturated rings. The van der Waals surface area contributed by atoms with Crippen LogP contribution >= 0.6 is 0 Å². The van der Waals surface area contributed by atoms with Crippen LogP contribution in [0.15, 0.2) is 89.9 Å². The number of benzene rings is 4. The lowest BCUT2D eigenvalue weighted by Crippen LogP contribution is -2.09. The molecule has 0 N–H and O–H groups in total. The van der Waals surface area contributed by atoms with Gasteiger partial charge in [-0.15, -0.1) is 0 Å². The first-order chi connectivity index (χ1) is 15.0. The molecule has 0 heterocycles. The molecule has 31 heavy (non-hydrogen) atoms. The zero-order valence-corrected chi connectivity index (χ0v) is 16.7. The minimum absolute atomic E-state index is 0.0359. The quantitative estimate of drug-likeness (QED) is 0.132. The van der Waals surface area contributed by atoms with Gasteiger partial charge in [0.15, 0.2) is 0 Å². The molecular weight excluding hydrogens is 392 g/mol. The second-order valence-electron chi connectivity index (χ2n) is 6.97. The van der Waals surface area contributed by atoms with Crippen molar-refractivity contribution in [3.05, 3.63) is 112 Å². The van der Waals surface area contributed by atoms with E-state index in [1.54, 1.807) is 49.5 Å². The summed E-state index contributed by atoms with van der Waals surface area (Å²) in [5.41, 5.74) is 2.72. The van der Waals surface area contributed by atoms with Gasteiger partial charge in [0.1, 0.15) is 5.75 Å². The highest BCUT2D eigenvalue weighted by Crippen LogP contribution is 2.24. The molecular formula is C25H18N2O4. The number of carbonyl (C=O) groups excluding carboxylic acids is 1. The number of hydrogen-bond donors (Lipinski definition) is 0. The van der Waals surface area contributed by atoms with E-state index in [1.807, 2.05) is 36.4 Å². The van der Waals surface area contributed by atoms with Gasteiger partial charge in [-0.3, -0.25) is 15.1 Å². The Bertz CT molecular complexity index is 1310. The van der Waals surface area contributed by atoms with Crippen LogP contribution in [0.2, 0.25) is 0 Å². The van der Waals surface area contributed by atoms with Crippen LogP contribution in [-0.2, 0) is 0 Å². The number of hydrogen-bond acceptors (Lipinski definition) is 5. The summed E-state index contributed by atoms with van der Waals surface area (Å²) in [6.45, 7) is 1.77. The number of aliphatic imine (C=N–C) groups is 1. The smallest absolute Gasteiger partial charge is 0.344 e. The monoisotopic (exact) mass is 410 g/mol. The molecule has 0 spiro atoms. The number of nitrogens with zero attached hydrogens (tertiary/aromatic N) is 2. The van der Waals surface area contributed by atoms with Crippen molar-refractivity contribution >= 4 is 34.3 Å². The summed E-state index contributed by atoms with van der Waals surface area (Å²) >= 11 is 0. The van der Waals surface area contributed by atoms with Crippen molar-refractivity contribution in [2.75, 3.05) is 0 Å². The van der Waals surface area contributed by atoms with Crippen LogP contribution in [0.3, 0.4) is 0 Å². The average Bonchev–Trinajstić information content (AvgIpc) is 2.78. The molecule has 6 heteroatoms. The lowest BCUT2D eigenvalue weighted by Gasteiger charge is -2.07. The van der Waals surface area contributed by atoms with E-state index in [1.165, 1.54) is 12.1 Å². The minimum Gasteiger partial charge on any atom is -0.423 e. The van der Waals surface area contributed by atoms with Gasteiger partial charge in [-0.2, -0.15) is 0 Å². The van der Waals surface area contributed by atoms with E-state index in [-0.39, 0.29) is 5.69 Å². The van der Waals surface area contributed by atoms with Crippen LogP contribution in [0.4, 0.5) is 11.4 Å². The maximum Gasteiger partial charge on any atom is 0.344 e. The summed E-state index contributed by atoms with van der Waals surface area (Å²) in [4.78, 5) is 27.4. The highest BCUT2D eigenvalue weighted by Gasteiger charge is 2.12. The van der Waals surface area contributed by atoms with Gasteiger partial charge in [-0.25, -0.2) is 4.79 Å². The number of rotatable bonds is 5. The van der Waals surface area contributed by atoms with E-state index in [4.69, 9.17) is 4.74 Å². The van der Waals surface area contributed by atoms with Gasteiger partial charge in [0.05, 0.1) is 16.2 Å². The number of nitro groups is 1. The highest BCUT2D eigenvalue weighted by atomic mass is 16.6. The molecule has 4 rings (SSSR count). The molecule has 4 aromatic rings. The topological polar surface area (TPSA) is 81.8 Å². The number of fused-ring (bicyclic) bond motifs is 1. The first kappa shape index (κ1) is 20.0. The molecule has 0 saturated carbocycles. The van der Waals surface area contributed by atoms with Crippen LogP contribution < -0.4 is 4.74 Å². The summed E-state index contributed by atoms with van der Waals surface area (Å²) in [5, 5.41) is 12.7. The number of aryl methyl sites for hydroxylation is 1. The molecule has 0 atom stereocenters. The SMILES string of the molecule is Cc1cc([N+](=O)[O-])ccc1N=Cc1ccc(OC(=O)c2cccc3ccccc23)cc1. The molecule has 4 aromatic carbocycles. The lowest BCUT2D eigenvalue weighted by molar-refractivity contribution is -0.384. The number of ether oxygens (including phenoxy) is 1. The second-order valence-corrected chi connectivity index (χ2v) is 6.97. The third kappa shape index (κ3) is 4.48. The third-order valence-electron chi connectivity index (χ3n) is 4.84. The number of carbonyl (C=O) groups is 1. The van der Waals surface area contributed by atoms with Crippen molar-refractivity contribution in [2.24, 2.45) is 4.99 Å². The van der Waals surface area contributed by atoms with Crippen molar-refractivity contribution in [2.45, 2.75) is 6.92 Å². The third-order valence-corrected chi connectivity index (χ3v) is 4.84. The maximum absolute atomic E-state index is 12.6. The lowest BCUT2D eigenvalue weighted by atomic mass is 10.0. The number of nitro benzene ring substituents is 1. The molecule has 0 bridgehead atoms. The van der Waals surface area contributed by atoms with Gasteiger partial charge in [0, 0.05) is 18.3 Å². The van der Waals surface area contributed by atoms with E-state index in [2.05, 4.69) is 4.99 Å². The van der Waals surface area contributed by atoms with Crippen molar-refractivity contribution in [3.8, 4) is 5.75 Å². The van der Waals surface area contributed by atoms with Crippen LogP contribution in [0.1, 0.15) is 21.5 Å². The molecule has 0 aromatic heterocycles. The fourth-order valence-corrected chi connectivity index (χ4v) is 3.23. The van der Waals surface area contributed by atoms with Gasteiger partial charge < -0.3 is 4.74 Å². The van der Waals surface area contributed by atoms with Crippen molar-refractivity contribution in [1.29, 1.82) is 0 Å².